The number of halogens is 1. The number of aryl methyl sites for hydroxylation is 1. The maximum Gasteiger partial charge on any atom is 0.339 e. The number of ketones is 2. The van der Waals surface area contributed by atoms with Gasteiger partial charge in [0.1, 0.15) is 0 Å². The smallest absolute Gasteiger partial charge is 0.339 e. The van der Waals surface area contributed by atoms with Crippen LogP contribution in [0.5, 0.6) is 0 Å². The Kier molecular flexibility index (Phi) is 7.34. The summed E-state index contributed by atoms with van der Waals surface area (Å²) in [7, 11) is 1.26. The first-order chi connectivity index (χ1) is 13.6. The van der Waals surface area contributed by atoms with Crippen LogP contribution in [0, 0.1) is 13.8 Å². The molecule has 0 aliphatic carbocycles. The van der Waals surface area contributed by atoms with E-state index < -0.39 is 23.8 Å². The Morgan fingerprint density at radius 2 is 1.69 bits per heavy atom. The van der Waals surface area contributed by atoms with E-state index in [9.17, 15) is 19.2 Å². The van der Waals surface area contributed by atoms with Crippen molar-refractivity contribution >= 4 is 35.1 Å². The van der Waals surface area contributed by atoms with Gasteiger partial charge in [0, 0.05) is 22.7 Å². The van der Waals surface area contributed by atoms with Crippen molar-refractivity contribution in [2.75, 3.05) is 7.11 Å². The number of rotatable bonds is 8. The number of aromatic amines is 1. The molecular formula is C21H22ClNO6. The molecule has 0 saturated carbocycles. The summed E-state index contributed by atoms with van der Waals surface area (Å²) in [6.07, 6.45) is -1.28. The maximum absolute atomic E-state index is 12.6. The number of nitrogens with one attached hydrogen (secondary N) is 1. The van der Waals surface area contributed by atoms with Crippen molar-refractivity contribution in [3.63, 3.8) is 0 Å². The van der Waals surface area contributed by atoms with Gasteiger partial charge in [-0.05, 0) is 50.6 Å². The van der Waals surface area contributed by atoms with Crippen molar-refractivity contribution in [1.82, 2.24) is 4.98 Å². The highest BCUT2D eigenvalue weighted by Crippen LogP contribution is 2.21. The summed E-state index contributed by atoms with van der Waals surface area (Å²) in [5, 5.41) is 0.513. The summed E-state index contributed by atoms with van der Waals surface area (Å²) in [6, 6.07) is 6.35. The van der Waals surface area contributed by atoms with E-state index in [1.165, 1.54) is 14.0 Å². The third kappa shape index (κ3) is 5.32. The van der Waals surface area contributed by atoms with E-state index in [1.54, 1.807) is 38.1 Å². The van der Waals surface area contributed by atoms with Crippen LogP contribution < -0.4 is 0 Å². The van der Waals surface area contributed by atoms with Crippen LogP contribution in [0.3, 0.4) is 0 Å². The monoisotopic (exact) mass is 419 g/mol. The maximum atomic E-state index is 12.6. The van der Waals surface area contributed by atoms with Gasteiger partial charge >= 0.3 is 11.9 Å². The molecule has 0 saturated heterocycles. The Morgan fingerprint density at radius 1 is 1.07 bits per heavy atom. The van der Waals surface area contributed by atoms with Crippen molar-refractivity contribution in [3.8, 4) is 0 Å². The van der Waals surface area contributed by atoms with Gasteiger partial charge in [0.15, 0.2) is 11.9 Å². The van der Waals surface area contributed by atoms with Crippen molar-refractivity contribution in [1.29, 1.82) is 0 Å². The first-order valence-corrected chi connectivity index (χ1v) is 9.33. The molecule has 0 radical (unpaired) electrons. The van der Waals surface area contributed by atoms with E-state index >= 15 is 0 Å². The van der Waals surface area contributed by atoms with E-state index in [4.69, 9.17) is 21.1 Å². The van der Waals surface area contributed by atoms with Gasteiger partial charge in [-0.15, -0.1) is 0 Å². The van der Waals surface area contributed by atoms with Crippen molar-refractivity contribution < 1.29 is 28.7 Å². The number of Topliss-reactive ketones (excluding diaryl/α,β-unsaturated/α-hetero) is 2. The Morgan fingerprint density at radius 3 is 2.28 bits per heavy atom. The molecule has 1 aromatic heterocycles. The third-order valence-electron chi connectivity index (χ3n) is 4.47. The zero-order chi connectivity index (χ0) is 21.7. The molecule has 1 aromatic carbocycles. The van der Waals surface area contributed by atoms with Crippen LogP contribution in [0.25, 0.3) is 0 Å². The molecule has 0 unspecified atom stereocenters. The second-order valence-electron chi connectivity index (χ2n) is 6.54. The molecular weight excluding hydrogens is 398 g/mol. The van der Waals surface area contributed by atoms with Gasteiger partial charge < -0.3 is 14.5 Å². The second kappa shape index (κ2) is 9.52. The van der Waals surface area contributed by atoms with Crippen LogP contribution in [-0.4, -0.2) is 41.7 Å². The van der Waals surface area contributed by atoms with Gasteiger partial charge in [0.2, 0.25) is 5.78 Å². The van der Waals surface area contributed by atoms with E-state index in [0.29, 0.717) is 21.8 Å². The zero-order valence-corrected chi connectivity index (χ0v) is 17.4. The van der Waals surface area contributed by atoms with Crippen LogP contribution >= 0.6 is 11.6 Å². The number of carbonyl (C=O) groups is 4. The first kappa shape index (κ1) is 22.4. The SMILES string of the molecule is COC(=O)c1c(C)[nH]c(C(=O)[C@@H](C)OC(=O)CCC(=O)c2ccc(Cl)cc2)c1C. The van der Waals surface area contributed by atoms with E-state index in [-0.39, 0.29) is 29.9 Å². The molecule has 1 atom stereocenters. The Bertz CT molecular complexity index is 945. The van der Waals surface area contributed by atoms with Crippen LogP contribution in [0.1, 0.15) is 62.2 Å². The van der Waals surface area contributed by atoms with Crippen LogP contribution in [0.2, 0.25) is 5.02 Å². The van der Waals surface area contributed by atoms with Crippen molar-refractivity contribution in [2.45, 2.75) is 39.7 Å². The molecule has 0 aliphatic rings. The van der Waals surface area contributed by atoms with Gasteiger partial charge in [0.05, 0.1) is 24.8 Å². The Balaban J connectivity index is 1.97. The number of aromatic nitrogens is 1. The zero-order valence-electron chi connectivity index (χ0n) is 16.6. The molecule has 154 valence electrons. The summed E-state index contributed by atoms with van der Waals surface area (Å²) in [4.78, 5) is 51.5. The minimum absolute atomic E-state index is 0.0471. The van der Waals surface area contributed by atoms with Gasteiger partial charge in [-0.25, -0.2) is 4.79 Å². The predicted molar refractivity (Wildman–Crippen MR) is 107 cm³/mol. The summed E-state index contributed by atoms with van der Waals surface area (Å²) >= 11 is 5.78. The predicted octanol–water partition coefficient (Wildman–Crippen LogP) is 3.85. The van der Waals surface area contributed by atoms with Crippen molar-refractivity contribution in [3.05, 3.63) is 57.4 Å². The van der Waals surface area contributed by atoms with E-state index in [2.05, 4.69) is 4.98 Å². The van der Waals surface area contributed by atoms with Crippen LogP contribution in [0.4, 0.5) is 0 Å². The lowest BCUT2D eigenvalue weighted by Gasteiger charge is -2.12. The lowest BCUT2D eigenvalue weighted by atomic mass is 10.1. The van der Waals surface area contributed by atoms with E-state index in [0.717, 1.165) is 0 Å². The molecule has 0 aliphatic heterocycles. The molecule has 0 bridgehead atoms. The summed E-state index contributed by atoms with van der Waals surface area (Å²) in [5.41, 5.74) is 1.83. The topological polar surface area (TPSA) is 103 Å². The summed E-state index contributed by atoms with van der Waals surface area (Å²) in [5.74, 6) is -1.92. The number of ether oxygens (including phenoxy) is 2. The molecule has 0 spiro atoms. The summed E-state index contributed by atoms with van der Waals surface area (Å²) in [6.45, 7) is 4.70. The normalized spacial score (nSPS) is 11.6. The van der Waals surface area contributed by atoms with Gasteiger partial charge in [-0.2, -0.15) is 0 Å². The van der Waals surface area contributed by atoms with Gasteiger partial charge in [-0.1, -0.05) is 11.6 Å². The average molecular weight is 420 g/mol. The number of H-pyrrole nitrogens is 1. The van der Waals surface area contributed by atoms with E-state index in [1.807, 2.05) is 0 Å². The molecule has 2 rings (SSSR count). The highest BCUT2D eigenvalue weighted by atomic mass is 35.5. The highest BCUT2D eigenvalue weighted by molar-refractivity contribution is 6.30. The molecule has 29 heavy (non-hydrogen) atoms. The number of hydrogen-bond acceptors (Lipinski definition) is 6. The van der Waals surface area contributed by atoms with Crippen molar-refractivity contribution in [2.24, 2.45) is 0 Å². The minimum atomic E-state index is -1.07. The number of esters is 2. The molecule has 0 fully saturated rings. The largest absolute Gasteiger partial charge is 0.465 e. The molecule has 8 heteroatoms. The third-order valence-corrected chi connectivity index (χ3v) is 4.73. The fourth-order valence-corrected chi connectivity index (χ4v) is 3.04. The quantitative estimate of drug-likeness (QED) is 0.515. The highest BCUT2D eigenvalue weighted by Gasteiger charge is 2.27. The first-order valence-electron chi connectivity index (χ1n) is 8.95. The Labute approximate surface area is 173 Å². The number of carbonyl (C=O) groups excluding carboxylic acids is 4. The average Bonchev–Trinajstić information content (AvgIpc) is 2.99. The number of methoxy groups -OCH3 is 1. The molecule has 1 heterocycles. The van der Waals surface area contributed by atoms with Crippen LogP contribution in [0.15, 0.2) is 24.3 Å². The van der Waals surface area contributed by atoms with Crippen LogP contribution in [-0.2, 0) is 14.3 Å². The summed E-state index contributed by atoms with van der Waals surface area (Å²) < 4.78 is 9.88. The molecule has 7 nitrogen and oxygen atoms in total. The standard InChI is InChI=1S/C21H22ClNO6/c1-11-18(21(27)28-4)12(2)23-19(11)20(26)13(3)29-17(25)10-9-16(24)14-5-7-15(22)8-6-14/h5-8,13,23H,9-10H2,1-4H3/t13-/m1/s1. The fourth-order valence-electron chi connectivity index (χ4n) is 2.91. The lowest BCUT2D eigenvalue weighted by Crippen LogP contribution is -2.25. The van der Waals surface area contributed by atoms with Gasteiger partial charge in [-0.3, -0.25) is 14.4 Å². The number of benzene rings is 1. The molecule has 2 aromatic rings. The second-order valence-corrected chi connectivity index (χ2v) is 6.98. The minimum Gasteiger partial charge on any atom is -0.465 e. The fraction of sp³-hybridized carbons (Fsp3) is 0.333. The number of hydrogen-bond donors (Lipinski definition) is 1. The van der Waals surface area contributed by atoms with Gasteiger partial charge in [0.25, 0.3) is 0 Å². The molecule has 0 amide bonds. The Hall–Kier alpha value is -2.93. The molecule has 1 N–H and O–H groups in total. The lowest BCUT2D eigenvalue weighted by molar-refractivity contribution is -0.146.